The summed E-state index contributed by atoms with van der Waals surface area (Å²) in [4.78, 5) is 13.9. The number of aromatic nitrogens is 3. The molecule has 0 unspecified atom stereocenters. The van der Waals surface area contributed by atoms with Crippen LogP contribution >= 0.6 is 0 Å². The highest BCUT2D eigenvalue weighted by Gasteiger charge is 2.22. The molecule has 0 bridgehead atoms. The van der Waals surface area contributed by atoms with Gasteiger partial charge in [-0.1, -0.05) is 65.8 Å². The molecule has 1 aromatic heterocycles. The predicted molar refractivity (Wildman–Crippen MR) is 156 cm³/mol. The molecule has 0 saturated carbocycles. The zero-order valence-corrected chi connectivity index (χ0v) is 23.3. The van der Waals surface area contributed by atoms with Gasteiger partial charge in [-0.25, -0.2) is 4.57 Å². The summed E-state index contributed by atoms with van der Waals surface area (Å²) in [5.41, 5.74) is 3.57. The lowest BCUT2D eigenvalue weighted by Crippen LogP contribution is -2.32. The summed E-state index contributed by atoms with van der Waals surface area (Å²) >= 11 is 0. The Kier molecular flexibility index (Phi) is 10.5. The molecule has 3 aromatic carbocycles. The lowest BCUT2D eigenvalue weighted by Gasteiger charge is -2.26. The minimum atomic E-state index is -0.277. The SMILES string of the molecule is CCOc1cc(/N=N/c2n(Cc3ccccc3)nc[n+]2Cc2ccccc2)c(NC(C)=O)cc1N(CCO)CCO. The van der Waals surface area contributed by atoms with E-state index in [1.807, 2.05) is 72.2 Å². The van der Waals surface area contributed by atoms with Crippen molar-refractivity contribution in [2.24, 2.45) is 10.2 Å². The van der Waals surface area contributed by atoms with Gasteiger partial charge in [-0.3, -0.25) is 4.79 Å². The van der Waals surface area contributed by atoms with Crippen LogP contribution in [0.5, 0.6) is 5.75 Å². The standard InChI is InChI=1S/C30H35N7O4/c1-3-41-29-19-27(26(32-23(2)40)18-28(29)35(14-16-38)15-17-39)33-34-30-36(20-24-10-6-4-7-11-24)22-31-37(30)21-25-12-8-5-9-13-25/h4-13,18-19,22,38-39H,3,14-17,20-21H2,1-2H3/p+1. The van der Waals surface area contributed by atoms with Crippen molar-refractivity contribution in [3.05, 3.63) is 90.3 Å². The van der Waals surface area contributed by atoms with E-state index < -0.39 is 0 Å². The van der Waals surface area contributed by atoms with Gasteiger partial charge >= 0.3 is 5.95 Å². The lowest BCUT2D eigenvalue weighted by atomic mass is 10.2. The zero-order valence-electron chi connectivity index (χ0n) is 23.3. The molecule has 0 radical (unpaired) electrons. The van der Waals surface area contributed by atoms with Crippen molar-refractivity contribution in [3.63, 3.8) is 0 Å². The maximum Gasteiger partial charge on any atom is 0.404 e. The Balaban J connectivity index is 1.78. The third-order valence-corrected chi connectivity index (χ3v) is 6.20. The molecule has 4 rings (SSSR count). The molecule has 11 heteroatoms. The topological polar surface area (TPSA) is 128 Å². The number of aliphatic hydroxyl groups excluding tert-OH is 2. The smallest absolute Gasteiger partial charge is 0.404 e. The van der Waals surface area contributed by atoms with Crippen molar-refractivity contribution < 1.29 is 24.3 Å². The van der Waals surface area contributed by atoms with Gasteiger partial charge in [0.2, 0.25) is 12.2 Å². The van der Waals surface area contributed by atoms with E-state index in [0.717, 1.165) is 11.1 Å². The monoisotopic (exact) mass is 558 g/mol. The summed E-state index contributed by atoms with van der Waals surface area (Å²) < 4.78 is 9.61. The predicted octanol–water partition coefficient (Wildman–Crippen LogP) is 3.83. The molecule has 214 valence electrons. The van der Waals surface area contributed by atoms with Crippen LogP contribution in [0.15, 0.2) is 89.4 Å². The minimum Gasteiger partial charge on any atom is -0.492 e. The largest absolute Gasteiger partial charge is 0.492 e. The fraction of sp³-hybridized carbons (Fsp3) is 0.300. The molecular weight excluding hydrogens is 522 g/mol. The van der Waals surface area contributed by atoms with Gasteiger partial charge in [0.05, 0.1) is 37.7 Å². The van der Waals surface area contributed by atoms with E-state index in [0.29, 0.717) is 48.5 Å². The second-order valence-electron chi connectivity index (χ2n) is 9.27. The Bertz CT molecular complexity index is 1380. The number of ether oxygens (including phenoxy) is 1. The highest BCUT2D eigenvalue weighted by atomic mass is 16.5. The summed E-state index contributed by atoms with van der Waals surface area (Å²) in [6.45, 7) is 5.03. The fourth-order valence-electron chi connectivity index (χ4n) is 4.39. The van der Waals surface area contributed by atoms with Crippen molar-refractivity contribution >= 4 is 28.9 Å². The van der Waals surface area contributed by atoms with Gasteiger partial charge in [-0.15, -0.1) is 4.68 Å². The first-order chi connectivity index (χ1) is 20.0. The van der Waals surface area contributed by atoms with Gasteiger partial charge in [0.15, 0.2) is 0 Å². The highest BCUT2D eigenvalue weighted by molar-refractivity contribution is 5.93. The quantitative estimate of drug-likeness (QED) is 0.159. The minimum absolute atomic E-state index is 0.116. The number of hydrogen-bond acceptors (Lipinski definition) is 8. The maximum absolute atomic E-state index is 12.1. The van der Waals surface area contributed by atoms with Crippen molar-refractivity contribution in [1.82, 2.24) is 9.78 Å². The Morgan fingerprint density at radius 2 is 1.66 bits per heavy atom. The van der Waals surface area contributed by atoms with Gasteiger partial charge in [-0.2, -0.15) is 0 Å². The number of nitrogens with one attached hydrogen (secondary N) is 1. The van der Waals surface area contributed by atoms with Gasteiger partial charge in [0, 0.05) is 31.2 Å². The zero-order chi connectivity index (χ0) is 29.0. The number of benzene rings is 3. The van der Waals surface area contributed by atoms with Gasteiger partial charge in [0.25, 0.3) is 0 Å². The Morgan fingerprint density at radius 3 is 2.27 bits per heavy atom. The number of rotatable bonds is 14. The second-order valence-corrected chi connectivity index (χ2v) is 9.27. The fourth-order valence-corrected chi connectivity index (χ4v) is 4.39. The van der Waals surface area contributed by atoms with Crippen LogP contribution in [0, 0.1) is 0 Å². The number of carbonyl (C=O) groups is 1. The van der Waals surface area contributed by atoms with Crippen molar-refractivity contribution in [2.45, 2.75) is 26.9 Å². The van der Waals surface area contributed by atoms with E-state index in [2.05, 4.69) is 20.6 Å². The molecular formula is C30H36N7O4+. The summed E-state index contributed by atoms with van der Waals surface area (Å²) in [6.07, 6.45) is 1.73. The highest BCUT2D eigenvalue weighted by Crippen LogP contribution is 2.39. The van der Waals surface area contributed by atoms with Crippen LogP contribution in [-0.4, -0.2) is 58.8 Å². The van der Waals surface area contributed by atoms with Crippen LogP contribution in [0.1, 0.15) is 25.0 Å². The third-order valence-electron chi connectivity index (χ3n) is 6.20. The third kappa shape index (κ3) is 7.96. The van der Waals surface area contributed by atoms with E-state index in [-0.39, 0.29) is 32.2 Å². The summed E-state index contributed by atoms with van der Waals surface area (Å²) in [6, 6.07) is 23.4. The molecule has 0 aliphatic rings. The Morgan fingerprint density at radius 1 is 1.00 bits per heavy atom. The molecule has 0 aliphatic carbocycles. The maximum atomic E-state index is 12.1. The van der Waals surface area contributed by atoms with Crippen LogP contribution in [0.3, 0.4) is 0 Å². The molecule has 41 heavy (non-hydrogen) atoms. The van der Waals surface area contributed by atoms with E-state index in [1.54, 1.807) is 28.0 Å². The molecule has 1 amide bonds. The Hall–Kier alpha value is -4.61. The first kappa shape index (κ1) is 29.4. The number of hydrogen-bond donors (Lipinski definition) is 3. The average molecular weight is 559 g/mol. The summed E-state index contributed by atoms with van der Waals surface area (Å²) in [5, 5.41) is 35.8. The number of anilines is 2. The van der Waals surface area contributed by atoms with E-state index in [1.165, 1.54) is 6.92 Å². The number of amides is 1. The van der Waals surface area contributed by atoms with Crippen LogP contribution in [0.25, 0.3) is 0 Å². The molecule has 1 heterocycles. The van der Waals surface area contributed by atoms with Gasteiger partial charge < -0.3 is 25.2 Å². The molecule has 0 spiro atoms. The van der Waals surface area contributed by atoms with Crippen LogP contribution in [-0.2, 0) is 17.9 Å². The number of nitrogens with zero attached hydrogens (tertiary/aromatic N) is 6. The van der Waals surface area contributed by atoms with E-state index in [9.17, 15) is 15.0 Å². The van der Waals surface area contributed by atoms with Crippen LogP contribution < -0.4 is 19.5 Å². The van der Waals surface area contributed by atoms with Crippen molar-refractivity contribution in [3.8, 4) is 5.75 Å². The molecule has 11 nitrogen and oxygen atoms in total. The lowest BCUT2D eigenvalue weighted by molar-refractivity contribution is -0.676. The summed E-state index contributed by atoms with van der Waals surface area (Å²) in [7, 11) is 0. The normalized spacial score (nSPS) is 11.1. The van der Waals surface area contributed by atoms with Crippen molar-refractivity contribution in [1.29, 1.82) is 0 Å². The van der Waals surface area contributed by atoms with Gasteiger partial charge in [-0.05, 0) is 29.2 Å². The number of carbonyl (C=O) groups excluding carboxylic acids is 1. The number of aliphatic hydroxyl groups is 2. The number of azo groups is 1. The first-order valence-electron chi connectivity index (χ1n) is 13.5. The Labute approximate surface area is 239 Å². The molecule has 0 fully saturated rings. The first-order valence-corrected chi connectivity index (χ1v) is 13.5. The molecule has 3 N–H and O–H groups in total. The van der Waals surface area contributed by atoms with E-state index >= 15 is 0 Å². The molecule has 0 atom stereocenters. The van der Waals surface area contributed by atoms with Crippen LogP contribution in [0.4, 0.5) is 23.0 Å². The molecule has 0 saturated heterocycles. The second kappa shape index (κ2) is 14.7. The van der Waals surface area contributed by atoms with E-state index in [4.69, 9.17) is 4.74 Å². The van der Waals surface area contributed by atoms with Crippen LogP contribution in [0.2, 0.25) is 0 Å². The molecule has 0 aliphatic heterocycles. The van der Waals surface area contributed by atoms with Gasteiger partial charge in [0.1, 0.15) is 18.0 Å². The average Bonchev–Trinajstić information content (AvgIpc) is 3.34. The van der Waals surface area contributed by atoms with Crippen molar-refractivity contribution in [2.75, 3.05) is 43.1 Å². The summed E-state index contributed by atoms with van der Waals surface area (Å²) in [5.74, 6) is 0.740. The molecule has 4 aromatic rings.